The van der Waals surface area contributed by atoms with Gasteiger partial charge in [0, 0.05) is 23.4 Å². The monoisotopic (exact) mass is 408 g/mol. The minimum atomic E-state index is -1.04. The molecule has 1 aliphatic heterocycles. The molecule has 2 heterocycles. The molecule has 0 spiro atoms. The number of pyridine rings is 1. The van der Waals surface area contributed by atoms with E-state index in [0.29, 0.717) is 23.9 Å². The standard InChI is InChI=1S/C25H32N2O3/c1-17-13-14-19(30-23-22(25(2,3)29)12-7-15-26-23)16-27(17)24(28)21-11-5-4-10-20(21)18-8-6-9-18/h4-5,7,10-12,15,17-19,29H,6,8-9,13-14,16H2,1-3H3. The number of hydrogen-bond donors (Lipinski definition) is 1. The predicted octanol–water partition coefficient (Wildman–Crippen LogP) is 4.65. The van der Waals surface area contributed by atoms with E-state index in [4.69, 9.17) is 4.74 Å². The molecule has 1 saturated carbocycles. The molecule has 1 saturated heterocycles. The lowest BCUT2D eigenvalue weighted by molar-refractivity contribution is 0.0324. The lowest BCUT2D eigenvalue weighted by atomic mass is 9.78. The Bertz CT molecular complexity index is 901. The minimum absolute atomic E-state index is 0.0991. The van der Waals surface area contributed by atoms with Crippen molar-refractivity contribution < 1.29 is 14.6 Å². The Morgan fingerprint density at radius 1 is 1.13 bits per heavy atom. The Morgan fingerprint density at radius 3 is 2.60 bits per heavy atom. The SMILES string of the molecule is CC1CCC(Oc2ncccc2C(C)(C)O)CN1C(=O)c1ccccc1C1CCC1. The molecule has 0 bridgehead atoms. The van der Waals surface area contributed by atoms with Gasteiger partial charge in [-0.05, 0) is 76.1 Å². The number of hydrogen-bond acceptors (Lipinski definition) is 4. The zero-order valence-corrected chi connectivity index (χ0v) is 18.2. The van der Waals surface area contributed by atoms with Gasteiger partial charge in [0.2, 0.25) is 5.88 Å². The molecule has 2 aliphatic rings. The quantitative estimate of drug-likeness (QED) is 0.782. The lowest BCUT2D eigenvalue weighted by Crippen LogP contribution is -2.49. The molecule has 30 heavy (non-hydrogen) atoms. The van der Waals surface area contributed by atoms with Gasteiger partial charge in [0.15, 0.2) is 0 Å². The van der Waals surface area contributed by atoms with Crippen LogP contribution >= 0.6 is 0 Å². The molecule has 2 fully saturated rings. The summed E-state index contributed by atoms with van der Waals surface area (Å²) >= 11 is 0. The highest BCUT2D eigenvalue weighted by Crippen LogP contribution is 2.38. The van der Waals surface area contributed by atoms with Crippen molar-refractivity contribution >= 4 is 5.91 Å². The van der Waals surface area contributed by atoms with Crippen LogP contribution in [0, 0.1) is 0 Å². The van der Waals surface area contributed by atoms with Crippen molar-refractivity contribution in [3.63, 3.8) is 0 Å². The number of ether oxygens (including phenoxy) is 1. The van der Waals surface area contributed by atoms with E-state index in [1.165, 1.54) is 24.8 Å². The van der Waals surface area contributed by atoms with E-state index in [9.17, 15) is 9.90 Å². The summed E-state index contributed by atoms with van der Waals surface area (Å²) in [5.74, 6) is 1.06. The first-order valence-corrected chi connectivity index (χ1v) is 11.1. The molecule has 2 atom stereocenters. The van der Waals surface area contributed by atoms with Crippen LogP contribution in [-0.4, -0.2) is 39.6 Å². The molecule has 5 heteroatoms. The number of piperidine rings is 1. The van der Waals surface area contributed by atoms with Gasteiger partial charge in [0.25, 0.3) is 5.91 Å². The molecule has 1 aliphatic carbocycles. The smallest absolute Gasteiger partial charge is 0.254 e. The Balaban J connectivity index is 1.53. The van der Waals surface area contributed by atoms with Crippen LogP contribution in [0.4, 0.5) is 0 Å². The first kappa shape index (κ1) is 20.9. The number of rotatable bonds is 5. The van der Waals surface area contributed by atoms with Gasteiger partial charge < -0.3 is 14.7 Å². The van der Waals surface area contributed by atoms with Crippen molar-refractivity contribution in [1.82, 2.24) is 9.88 Å². The molecule has 0 radical (unpaired) electrons. The van der Waals surface area contributed by atoms with Crippen LogP contribution in [0.5, 0.6) is 5.88 Å². The fourth-order valence-corrected chi connectivity index (χ4v) is 4.48. The van der Waals surface area contributed by atoms with Crippen LogP contribution in [0.3, 0.4) is 0 Å². The Labute approximate surface area is 179 Å². The predicted molar refractivity (Wildman–Crippen MR) is 117 cm³/mol. The maximum absolute atomic E-state index is 13.5. The first-order chi connectivity index (χ1) is 14.3. The summed E-state index contributed by atoms with van der Waals surface area (Å²) in [4.78, 5) is 19.8. The van der Waals surface area contributed by atoms with Crippen molar-refractivity contribution in [3.05, 3.63) is 59.3 Å². The summed E-state index contributed by atoms with van der Waals surface area (Å²) < 4.78 is 6.22. The highest BCUT2D eigenvalue weighted by Gasteiger charge is 2.34. The number of amides is 1. The largest absolute Gasteiger partial charge is 0.472 e. The third-order valence-corrected chi connectivity index (χ3v) is 6.54. The third kappa shape index (κ3) is 4.22. The van der Waals surface area contributed by atoms with Gasteiger partial charge >= 0.3 is 0 Å². The lowest BCUT2D eigenvalue weighted by Gasteiger charge is -2.39. The second-order valence-corrected chi connectivity index (χ2v) is 9.25. The second-order valence-electron chi connectivity index (χ2n) is 9.25. The number of aliphatic hydroxyl groups is 1. The molecular formula is C25H32N2O3. The first-order valence-electron chi connectivity index (χ1n) is 11.1. The Morgan fingerprint density at radius 2 is 1.90 bits per heavy atom. The van der Waals surface area contributed by atoms with E-state index in [1.807, 2.05) is 29.2 Å². The van der Waals surface area contributed by atoms with E-state index >= 15 is 0 Å². The van der Waals surface area contributed by atoms with Crippen LogP contribution < -0.4 is 4.74 Å². The molecule has 160 valence electrons. The number of aromatic nitrogens is 1. The molecule has 2 unspecified atom stereocenters. The Kier molecular flexibility index (Phi) is 5.83. The van der Waals surface area contributed by atoms with E-state index < -0.39 is 5.60 Å². The maximum atomic E-state index is 13.5. The van der Waals surface area contributed by atoms with Crippen LogP contribution in [0.25, 0.3) is 0 Å². The molecule has 1 amide bonds. The fourth-order valence-electron chi connectivity index (χ4n) is 4.48. The maximum Gasteiger partial charge on any atom is 0.254 e. The summed E-state index contributed by atoms with van der Waals surface area (Å²) in [5, 5.41) is 10.5. The highest BCUT2D eigenvalue weighted by molar-refractivity contribution is 5.96. The molecular weight excluding hydrogens is 376 g/mol. The molecule has 4 rings (SSSR count). The van der Waals surface area contributed by atoms with E-state index in [0.717, 1.165) is 18.4 Å². The number of carbonyl (C=O) groups is 1. The van der Waals surface area contributed by atoms with Crippen LogP contribution in [0.15, 0.2) is 42.6 Å². The van der Waals surface area contributed by atoms with Gasteiger partial charge in [-0.2, -0.15) is 0 Å². The summed E-state index contributed by atoms with van der Waals surface area (Å²) in [6.07, 6.45) is 6.86. The van der Waals surface area contributed by atoms with Crippen molar-refractivity contribution in [2.24, 2.45) is 0 Å². The highest BCUT2D eigenvalue weighted by atomic mass is 16.5. The molecule has 5 nitrogen and oxygen atoms in total. The number of nitrogens with zero attached hydrogens (tertiary/aromatic N) is 2. The van der Waals surface area contributed by atoms with Gasteiger partial charge in [-0.15, -0.1) is 0 Å². The van der Waals surface area contributed by atoms with Crippen LogP contribution in [-0.2, 0) is 5.60 Å². The summed E-state index contributed by atoms with van der Waals surface area (Å²) in [6.45, 7) is 6.10. The molecule has 1 N–H and O–H groups in total. The van der Waals surface area contributed by atoms with E-state index in [-0.39, 0.29) is 18.1 Å². The molecule has 1 aromatic heterocycles. The van der Waals surface area contributed by atoms with Crippen molar-refractivity contribution in [2.45, 2.75) is 76.5 Å². The van der Waals surface area contributed by atoms with E-state index in [2.05, 4.69) is 18.0 Å². The van der Waals surface area contributed by atoms with Gasteiger partial charge in [-0.1, -0.05) is 24.6 Å². The summed E-state index contributed by atoms with van der Waals surface area (Å²) in [7, 11) is 0. The minimum Gasteiger partial charge on any atom is -0.472 e. The number of likely N-dealkylation sites (tertiary alicyclic amines) is 1. The van der Waals surface area contributed by atoms with Crippen molar-refractivity contribution in [3.8, 4) is 5.88 Å². The topological polar surface area (TPSA) is 62.7 Å². The average molecular weight is 409 g/mol. The van der Waals surface area contributed by atoms with Gasteiger partial charge in [0.05, 0.1) is 12.1 Å². The summed E-state index contributed by atoms with van der Waals surface area (Å²) in [5.41, 5.74) is 1.66. The van der Waals surface area contributed by atoms with Crippen LogP contribution in [0.1, 0.15) is 80.3 Å². The average Bonchev–Trinajstić information content (AvgIpc) is 2.68. The Hall–Kier alpha value is -2.40. The summed E-state index contributed by atoms with van der Waals surface area (Å²) in [6, 6.07) is 11.9. The molecule has 1 aromatic carbocycles. The fraction of sp³-hybridized carbons (Fsp3) is 0.520. The number of carbonyl (C=O) groups excluding carboxylic acids is 1. The van der Waals surface area contributed by atoms with Gasteiger partial charge in [-0.3, -0.25) is 4.79 Å². The second kappa shape index (κ2) is 8.38. The van der Waals surface area contributed by atoms with Crippen molar-refractivity contribution in [2.75, 3.05) is 6.54 Å². The van der Waals surface area contributed by atoms with E-state index in [1.54, 1.807) is 26.1 Å². The zero-order valence-electron chi connectivity index (χ0n) is 18.2. The third-order valence-electron chi connectivity index (χ3n) is 6.54. The van der Waals surface area contributed by atoms with Gasteiger partial charge in [0.1, 0.15) is 6.10 Å². The number of benzene rings is 1. The van der Waals surface area contributed by atoms with Crippen molar-refractivity contribution in [1.29, 1.82) is 0 Å². The van der Waals surface area contributed by atoms with Gasteiger partial charge in [-0.25, -0.2) is 4.98 Å². The molecule has 2 aromatic rings. The van der Waals surface area contributed by atoms with Crippen LogP contribution in [0.2, 0.25) is 0 Å². The normalized spacial score (nSPS) is 22.5. The zero-order chi connectivity index (χ0) is 21.3.